The zero-order chi connectivity index (χ0) is 7.56. The third-order valence-corrected chi connectivity index (χ3v) is 1.87. The molecule has 1 aromatic heterocycles. The van der Waals surface area contributed by atoms with E-state index in [4.69, 9.17) is 10.8 Å². The Labute approximate surface area is 61.5 Å². The molecular formula is C5H8N2O2S. The molecule has 4 nitrogen and oxygen atoms in total. The number of rotatable bonds is 2. The summed E-state index contributed by atoms with van der Waals surface area (Å²) in [6.45, 7) is 0.748. The quantitative estimate of drug-likeness (QED) is 0.617. The molecule has 0 aliphatic rings. The van der Waals surface area contributed by atoms with Crippen LogP contribution in [0.2, 0.25) is 0 Å². The summed E-state index contributed by atoms with van der Waals surface area (Å²) < 4.78 is 1.24. The summed E-state index contributed by atoms with van der Waals surface area (Å²) in [6.07, 6.45) is 0. The summed E-state index contributed by atoms with van der Waals surface area (Å²) in [6, 6.07) is 0. The van der Waals surface area contributed by atoms with Crippen LogP contribution in [-0.2, 0) is 6.54 Å². The van der Waals surface area contributed by atoms with Gasteiger partial charge in [0, 0.05) is 13.1 Å². The molecule has 0 saturated heterocycles. The van der Waals surface area contributed by atoms with Crippen molar-refractivity contribution in [2.75, 3.05) is 6.54 Å². The molecule has 0 aliphatic carbocycles. The van der Waals surface area contributed by atoms with Crippen molar-refractivity contribution in [3.63, 3.8) is 0 Å². The molecule has 0 amide bonds. The van der Waals surface area contributed by atoms with E-state index < -0.39 is 0 Å². The lowest BCUT2D eigenvalue weighted by molar-refractivity contribution is 0.415. The van der Waals surface area contributed by atoms with Gasteiger partial charge in [0.25, 0.3) is 0 Å². The number of thiazole rings is 1. The van der Waals surface area contributed by atoms with Crippen molar-refractivity contribution < 1.29 is 5.11 Å². The van der Waals surface area contributed by atoms with E-state index in [2.05, 4.69) is 0 Å². The Kier molecular flexibility index (Phi) is 2.08. The molecule has 0 unspecified atom stereocenters. The van der Waals surface area contributed by atoms with Crippen molar-refractivity contribution in [2.45, 2.75) is 6.54 Å². The average molecular weight is 160 g/mol. The number of nitrogens with two attached hydrogens (primary N) is 1. The first-order valence-electron chi connectivity index (χ1n) is 2.83. The highest BCUT2D eigenvalue weighted by Gasteiger charge is 2.01. The summed E-state index contributed by atoms with van der Waals surface area (Å²) in [7, 11) is 0. The van der Waals surface area contributed by atoms with Gasteiger partial charge in [-0.25, -0.2) is 0 Å². The number of nitrogens with zero attached hydrogens (tertiary/aromatic N) is 1. The third kappa shape index (κ3) is 1.19. The molecule has 0 bridgehead atoms. The number of hydrogen-bond acceptors (Lipinski definition) is 4. The second-order valence-electron chi connectivity index (χ2n) is 1.80. The molecule has 0 saturated carbocycles. The number of aromatic hydroxyl groups is 1. The van der Waals surface area contributed by atoms with E-state index in [0.29, 0.717) is 13.1 Å². The van der Waals surface area contributed by atoms with E-state index in [9.17, 15) is 4.79 Å². The molecule has 5 heteroatoms. The second kappa shape index (κ2) is 2.85. The van der Waals surface area contributed by atoms with Gasteiger partial charge in [-0.3, -0.25) is 9.36 Å². The molecule has 0 radical (unpaired) electrons. The Bertz CT molecular complexity index is 265. The Hall–Kier alpha value is -0.810. The maximum absolute atomic E-state index is 10.8. The van der Waals surface area contributed by atoms with Crippen LogP contribution in [0.4, 0.5) is 0 Å². The molecule has 1 rings (SSSR count). The van der Waals surface area contributed by atoms with Gasteiger partial charge >= 0.3 is 4.87 Å². The fourth-order valence-electron chi connectivity index (χ4n) is 0.659. The highest BCUT2D eigenvalue weighted by molar-refractivity contribution is 7.07. The summed E-state index contributed by atoms with van der Waals surface area (Å²) in [5.74, 6) is 0.000417. The fourth-order valence-corrected chi connectivity index (χ4v) is 1.30. The van der Waals surface area contributed by atoms with Crippen molar-refractivity contribution in [3.05, 3.63) is 15.0 Å². The fraction of sp³-hybridized carbons (Fsp3) is 0.400. The number of hydrogen-bond donors (Lipinski definition) is 2. The SMILES string of the molecule is NCCn1c(O)csc1=O. The number of aromatic nitrogens is 1. The van der Waals surface area contributed by atoms with Gasteiger partial charge in [-0.2, -0.15) is 0 Å². The van der Waals surface area contributed by atoms with Crippen molar-refractivity contribution >= 4 is 11.3 Å². The van der Waals surface area contributed by atoms with Crippen LogP contribution in [0.25, 0.3) is 0 Å². The Morgan fingerprint density at radius 3 is 2.90 bits per heavy atom. The molecule has 10 heavy (non-hydrogen) atoms. The highest BCUT2D eigenvalue weighted by atomic mass is 32.1. The Morgan fingerprint density at radius 2 is 2.50 bits per heavy atom. The Balaban J connectivity index is 2.99. The van der Waals surface area contributed by atoms with Crippen LogP contribution < -0.4 is 10.6 Å². The summed E-state index contributed by atoms with van der Waals surface area (Å²) in [5, 5.41) is 10.4. The lowest BCUT2D eigenvalue weighted by Crippen LogP contribution is -2.18. The lowest BCUT2D eigenvalue weighted by Gasteiger charge is -1.97. The van der Waals surface area contributed by atoms with Crippen molar-refractivity contribution in [1.29, 1.82) is 0 Å². The molecule has 1 aromatic rings. The predicted octanol–water partition coefficient (Wildman–Crippen LogP) is -0.426. The minimum absolute atomic E-state index is 0.000417. The highest BCUT2D eigenvalue weighted by Crippen LogP contribution is 2.07. The molecule has 1 heterocycles. The predicted molar refractivity (Wildman–Crippen MR) is 39.3 cm³/mol. The van der Waals surface area contributed by atoms with Gasteiger partial charge < -0.3 is 10.8 Å². The van der Waals surface area contributed by atoms with E-state index >= 15 is 0 Å². The van der Waals surface area contributed by atoms with Gasteiger partial charge in [-0.05, 0) is 0 Å². The molecule has 0 atom stereocenters. The summed E-state index contributed by atoms with van der Waals surface area (Å²) in [5.41, 5.74) is 5.19. The van der Waals surface area contributed by atoms with Crippen LogP contribution in [0.3, 0.4) is 0 Å². The van der Waals surface area contributed by atoms with Crippen LogP contribution in [-0.4, -0.2) is 16.2 Å². The first-order valence-corrected chi connectivity index (χ1v) is 3.71. The Morgan fingerprint density at radius 1 is 1.80 bits per heavy atom. The van der Waals surface area contributed by atoms with Gasteiger partial charge in [-0.15, -0.1) is 0 Å². The molecule has 0 aliphatic heterocycles. The van der Waals surface area contributed by atoms with Gasteiger partial charge in [0.05, 0.1) is 5.38 Å². The minimum Gasteiger partial charge on any atom is -0.494 e. The van der Waals surface area contributed by atoms with E-state index in [1.807, 2.05) is 0 Å². The van der Waals surface area contributed by atoms with Crippen LogP contribution in [0.15, 0.2) is 10.2 Å². The minimum atomic E-state index is -0.164. The molecular weight excluding hydrogens is 152 g/mol. The van der Waals surface area contributed by atoms with Crippen molar-refractivity contribution in [3.8, 4) is 5.88 Å². The summed E-state index contributed by atoms with van der Waals surface area (Å²) >= 11 is 0.973. The van der Waals surface area contributed by atoms with Crippen molar-refractivity contribution in [2.24, 2.45) is 5.73 Å². The van der Waals surface area contributed by atoms with Crippen LogP contribution >= 0.6 is 11.3 Å². The third-order valence-electron chi connectivity index (χ3n) is 1.11. The monoisotopic (exact) mass is 160 g/mol. The van der Waals surface area contributed by atoms with Gasteiger partial charge in [0.15, 0.2) is 0 Å². The molecule has 3 N–H and O–H groups in total. The molecule has 56 valence electrons. The van der Waals surface area contributed by atoms with Crippen LogP contribution in [0, 0.1) is 0 Å². The lowest BCUT2D eigenvalue weighted by atomic mass is 10.6. The molecule has 0 fully saturated rings. The average Bonchev–Trinajstić information content (AvgIpc) is 2.20. The first-order chi connectivity index (χ1) is 4.75. The van der Waals surface area contributed by atoms with E-state index in [1.165, 1.54) is 9.95 Å². The van der Waals surface area contributed by atoms with Crippen LogP contribution in [0.5, 0.6) is 5.88 Å². The largest absolute Gasteiger partial charge is 0.494 e. The van der Waals surface area contributed by atoms with E-state index in [0.717, 1.165) is 11.3 Å². The standard InChI is InChI=1S/C5H8N2O2S/c6-1-2-7-4(8)3-10-5(7)9/h3,8H,1-2,6H2. The van der Waals surface area contributed by atoms with Gasteiger partial charge in [0.1, 0.15) is 0 Å². The van der Waals surface area contributed by atoms with E-state index in [1.54, 1.807) is 0 Å². The normalized spacial score (nSPS) is 10.1. The summed E-state index contributed by atoms with van der Waals surface area (Å²) in [4.78, 5) is 10.6. The molecule has 0 spiro atoms. The van der Waals surface area contributed by atoms with Gasteiger partial charge in [0.2, 0.25) is 5.88 Å². The topological polar surface area (TPSA) is 68.2 Å². The van der Waals surface area contributed by atoms with Crippen LogP contribution in [0.1, 0.15) is 0 Å². The van der Waals surface area contributed by atoms with Crippen molar-refractivity contribution in [1.82, 2.24) is 4.57 Å². The van der Waals surface area contributed by atoms with E-state index in [-0.39, 0.29) is 10.8 Å². The van der Waals surface area contributed by atoms with Gasteiger partial charge in [-0.1, -0.05) is 11.3 Å². The maximum Gasteiger partial charge on any atom is 0.310 e. The smallest absolute Gasteiger partial charge is 0.310 e. The molecule has 0 aromatic carbocycles. The maximum atomic E-state index is 10.8. The zero-order valence-corrected chi connectivity index (χ0v) is 6.10. The first kappa shape index (κ1) is 7.30. The zero-order valence-electron chi connectivity index (χ0n) is 5.28. The second-order valence-corrected chi connectivity index (χ2v) is 2.62.